The number of rotatable bonds is 14. The second kappa shape index (κ2) is 19.4. The maximum atomic E-state index is 5.65. The van der Waals surface area contributed by atoms with E-state index in [9.17, 15) is 0 Å². The van der Waals surface area contributed by atoms with Crippen molar-refractivity contribution >= 4 is 8.41 Å². The Kier molecular flexibility index (Phi) is 21.9. The van der Waals surface area contributed by atoms with Crippen LogP contribution in [0.4, 0.5) is 0 Å². The van der Waals surface area contributed by atoms with E-state index in [4.69, 9.17) is 4.74 Å². The van der Waals surface area contributed by atoms with Gasteiger partial charge in [0.05, 0.1) is 8.41 Å². The lowest BCUT2D eigenvalue weighted by molar-refractivity contribution is 0.125. The van der Waals surface area contributed by atoms with Crippen LogP contribution in [-0.2, 0) is 4.74 Å². The highest BCUT2D eigenvalue weighted by molar-refractivity contribution is 5.75. The molecule has 0 amide bonds. The van der Waals surface area contributed by atoms with Crippen molar-refractivity contribution in [2.45, 2.75) is 90.9 Å². The van der Waals surface area contributed by atoms with Gasteiger partial charge in [0.2, 0.25) is 0 Å². The fraction of sp³-hybridized carbons (Fsp3) is 1.00. The summed E-state index contributed by atoms with van der Waals surface area (Å²) in [6.45, 7) is 6.51. The van der Waals surface area contributed by atoms with E-state index in [1.165, 1.54) is 77.0 Å². The summed E-state index contributed by atoms with van der Waals surface area (Å²) in [5.74, 6) is 0. The van der Waals surface area contributed by atoms with Gasteiger partial charge in [-0.15, -0.1) is 0 Å². The smallest absolute Gasteiger partial charge is 0.0814 e. The monoisotopic (exact) mass is 256 g/mol. The Labute approximate surface area is 118 Å². The van der Waals surface area contributed by atoms with Gasteiger partial charge in [0.1, 0.15) is 0 Å². The fourth-order valence-electron chi connectivity index (χ4n) is 2.07. The van der Waals surface area contributed by atoms with Crippen molar-refractivity contribution in [2.24, 2.45) is 0 Å². The quantitative estimate of drug-likeness (QED) is 0.327. The van der Waals surface area contributed by atoms with Gasteiger partial charge in [-0.25, -0.2) is 0 Å². The molecular formula is C16H37BO. The second-order valence-electron chi connectivity index (χ2n) is 5.15. The Hall–Kier alpha value is 0.0249. The molecule has 0 aromatic rings. The predicted octanol–water partition coefficient (Wildman–Crippen LogP) is 4.54. The van der Waals surface area contributed by atoms with Crippen molar-refractivity contribution in [1.82, 2.24) is 0 Å². The van der Waals surface area contributed by atoms with Crippen molar-refractivity contribution in [3.63, 3.8) is 0 Å². The lowest BCUT2D eigenvalue weighted by Gasteiger charge is -2.04. The lowest BCUT2D eigenvalue weighted by Crippen LogP contribution is -1.97. The van der Waals surface area contributed by atoms with Crippen LogP contribution >= 0.6 is 0 Å². The van der Waals surface area contributed by atoms with Gasteiger partial charge in [-0.3, -0.25) is 0 Å². The zero-order valence-corrected chi connectivity index (χ0v) is 12.3. The maximum absolute atomic E-state index is 5.65. The average molecular weight is 256 g/mol. The van der Waals surface area contributed by atoms with Gasteiger partial charge in [-0.1, -0.05) is 78.1 Å². The molecular weight excluding hydrogens is 219 g/mol. The van der Waals surface area contributed by atoms with Crippen LogP contribution in [0, 0.1) is 0 Å². The number of ether oxygens (including phenoxy) is 1. The number of hydrogen-bond donors (Lipinski definition) is 0. The zero-order chi connectivity index (χ0) is 12.6. The molecule has 0 aliphatic heterocycles. The van der Waals surface area contributed by atoms with Crippen LogP contribution < -0.4 is 0 Å². The first kappa shape index (κ1) is 20.3. The largest absolute Gasteiger partial charge is 0.381 e. The molecule has 0 fully saturated rings. The normalized spacial score (nSPS) is 10.3. The molecule has 0 aliphatic carbocycles. The summed E-state index contributed by atoms with van der Waals surface area (Å²) in [5.41, 5.74) is 0. The molecule has 0 saturated carbocycles. The molecule has 0 saturated heterocycles. The Bertz CT molecular complexity index is 114. The van der Waals surface area contributed by atoms with Crippen molar-refractivity contribution < 1.29 is 4.74 Å². The molecule has 1 nitrogen and oxygen atoms in total. The minimum absolute atomic E-state index is 0. The Morgan fingerprint density at radius 3 is 1.22 bits per heavy atom. The van der Waals surface area contributed by atoms with Crippen LogP contribution in [0.3, 0.4) is 0 Å². The first-order valence-corrected chi connectivity index (χ1v) is 7.99. The summed E-state index contributed by atoms with van der Waals surface area (Å²) < 4.78 is 5.65. The van der Waals surface area contributed by atoms with Gasteiger partial charge in [0, 0.05) is 13.2 Å². The number of unbranched alkanes of at least 4 members (excludes halogenated alkanes) is 10. The molecule has 0 heterocycles. The van der Waals surface area contributed by atoms with Gasteiger partial charge in [0.15, 0.2) is 0 Å². The van der Waals surface area contributed by atoms with Crippen LogP contribution in [0.1, 0.15) is 90.9 Å². The highest BCUT2D eigenvalue weighted by atomic mass is 16.5. The molecule has 0 aromatic heterocycles. The van der Waals surface area contributed by atoms with E-state index in [0.717, 1.165) is 13.2 Å². The fourth-order valence-corrected chi connectivity index (χ4v) is 2.07. The van der Waals surface area contributed by atoms with Gasteiger partial charge in [0.25, 0.3) is 0 Å². The highest BCUT2D eigenvalue weighted by Gasteiger charge is 1.92. The predicted molar refractivity (Wildman–Crippen MR) is 87.5 cm³/mol. The van der Waals surface area contributed by atoms with E-state index in [2.05, 4.69) is 13.8 Å². The summed E-state index contributed by atoms with van der Waals surface area (Å²) in [6.07, 6.45) is 16.3. The minimum atomic E-state index is 0. The van der Waals surface area contributed by atoms with Crippen molar-refractivity contribution in [1.29, 1.82) is 0 Å². The van der Waals surface area contributed by atoms with Gasteiger partial charge < -0.3 is 4.74 Å². The molecule has 2 heteroatoms. The van der Waals surface area contributed by atoms with E-state index in [0.29, 0.717) is 0 Å². The average Bonchev–Trinajstić information content (AvgIpc) is 2.35. The first-order valence-electron chi connectivity index (χ1n) is 7.99. The van der Waals surface area contributed by atoms with E-state index in [1.54, 1.807) is 0 Å². The van der Waals surface area contributed by atoms with E-state index >= 15 is 0 Å². The van der Waals surface area contributed by atoms with Gasteiger partial charge in [-0.2, -0.15) is 0 Å². The molecule has 0 radical (unpaired) electrons. The standard InChI is InChI=1S/C16H34O.BH3/c1-3-5-7-9-11-13-15-17-16-14-12-10-8-6-4-2;/h3-16H2,1-2H3;1H3. The molecule has 0 spiro atoms. The lowest BCUT2D eigenvalue weighted by atomic mass is 10.1. The van der Waals surface area contributed by atoms with E-state index < -0.39 is 0 Å². The van der Waals surface area contributed by atoms with Crippen LogP contribution in [0.2, 0.25) is 0 Å². The van der Waals surface area contributed by atoms with E-state index in [-0.39, 0.29) is 8.41 Å². The Morgan fingerprint density at radius 1 is 0.500 bits per heavy atom. The third-order valence-electron chi connectivity index (χ3n) is 3.28. The maximum Gasteiger partial charge on any atom is 0.0814 e. The summed E-state index contributed by atoms with van der Waals surface area (Å²) in [6, 6.07) is 0. The van der Waals surface area contributed by atoms with Crippen molar-refractivity contribution in [2.75, 3.05) is 13.2 Å². The molecule has 0 aliphatic rings. The summed E-state index contributed by atoms with van der Waals surface area (Å²) >= 11 is 0. The molecule has 0 N–H and O–H groups in total. The highest BCUT2D eigenvalue weighted by Crippen LogP contribution is 2.06. The summed E-state index contributed by atoms with van der Waals surface area (Å²) in [4.78, 5) is 0. The van der Waals surface area contributed by atoms with Crippen LogP contribution in [-0.4, -0.2) is 21.6 Å². The molecule has 0 aromatic carbocycles. The molecule has 0 atom stereocenters. The first-order chi connectivity index (χ1) is 8.41. The van der Waals surface area contributed by atoms with Crippen molar-refractivity contribution in [3.05, 3.63) is 0 Å². The Morgan fingerprint density at radius 2 is 0.833 bits per heavy atom. The summed E-state index contributed by atoms with van der Waals surface area (Å²) in [7, 11) is 0. The van der Waals surface area contributed by atoms with Crippen LogP contribution in [0.25, 0.3) is 0 Å². The molecule has 0 unspecified atom stereocenters. The zero-order valence-electron chi connectivity index (χ0n) is 12.3. The third kappa shape index (κ3) is 18.4. The van der Waals surface area contributed by atoms with Gasteiger partial charge >= 0.3 is 0 Å². The second-order valence-corrected chi connectivity index (χ2v) is 5.15. The van der Waals surface area contributed by atoms with Gasteiger partial charge in [-0.05, 0) is 12.8 Å². The molecule has 18 heavy (non-hydrogen) atoms. The van der Waals surface area contributed by atoms with Crippen LogP contribution in [0.5, 0.6) is 0 Å². The molecule has 0 bridgehead atoms. The SMILES string of the molecule is B.CCCCCCCCOCCCCCCCC. The number of hydrogen-bond acceptors (Lipinski definition) is 1. The minimum Gasteiger partial charge on any atom is -0.381 e. The molecule has 110 valence electrons. The third-order valence-corrected chi connectivity index (χ3v) is 3.28. The van der Waals surface area contributed by atoms with Crippen LogP contribution in [0.15, 0.2) is 0 Å². The topological polar surface area (TPSA) is 9.23 Å². The van der Waals surface area contributed by atoms with Crippen molar-refractivity contribution in [3.8, 4) is 0 Å². The van der Waals surface area contributed by atoms with E-state index in [1.807, 2.05) is 0 Å². The molecule has 0 rings (SSSR count). The summed E-state index contributed by atoms with van der Waals surface area (Å²) in [5, 5.41) is 0. The Balaban J connectivity index is 0.